The summed E-state index contributed by atoms with van der Waals surface area (Å²) in [4.78, 5) is 0. The van der Waals surface area contributed by atoms with Crippen LogP contribution >= 0.6 is 0 Å². The summed E-state index contributed by atoms with van der Waals surface area (Å²) in [7, 11) is -3.07. The van der Waals surface area contributed by atoms with E-state index in [9.17, 15) is 8.42 Å². The van der Waals surface area contributed by atoms with Crippen molar-refractivity contribution in [2.24, 2.45) is 0 Å². The van der Waals surface area contributed by atoms with Crippen LogP contribution in [0.5, 0.6) is 0 Å². The van der Waals surface area contributed by atoms with Crippen LogP contribution in [0.25, 0.3) is 0 Å². The van der Waals surface area contributed by atoms with E-state index in [0.29, 0.717) is 13.1 Å². The molecule has 2 rings (SSSR count). The van der Waals surface area contributed by atoms with Gasteiger partial charge in [-0.15, -0.1) is 0 Å². The molecule has 0 aliphatic carbocycles. The number of hydrogen-bond donors (Lipinski definition) is 2. The summed E-state index contributed by atoms with van der Waals surface area (Å²) in [6.45, 7) is 5.64. The Balaban J connectivity index is 1.75. The molecule has 1 heterocycles. The Morgan fingerprint density at radius 1 is 1.38 bits per heavy atom. The van der Waals surface area contributed by atoms with Gasteiger partial charge in [0.15, 0.2) is 0 Å². The van der Waals surface area contributed by atoms with Crippen molar-refractivity contribution < 1.29 is 8.42 Å². The normalized spacial score (nSPS) is 14.2. The first-order valence-corrected chi connectivity index (χ1v) is 9.37. The fourth-order valence-corrected chi connectivity index (χ4v) is 3.65. The van der Waals surface area contributed by atoms with Crippen LogP contribution in [0.3, 0.4) is 0 Å². The Labute approximate surface area is 127 Å². The van der Waals surface area contributed by atoms with Gasteiger partial charge in [0.05, 0.1) is 6.26 Å². The van der Waals surface area contributed by atoms with Crippen molar-refractivity contribution in [1.82, 2.24) is 9.62 Å². The van der Waals surface area contributed by atoms with Gasteiger partial charge in [-0.1, -0.05) is 25.1 Å². The van der Waals surface area contributed by atoms with Gasteiger partial charge in [0, 0.05) is 31.9 Å². The lowest BCUT2D eigenvalue weighted by atomic mass is 10.1. The number of fused-ring (bicyclic) bond motifs is 1. The molecule has 2 N–H and O–H groups in total. The number of para-hydroxylation sites is 1. The van der Waals surface area contributed by atoms with Crippen LogP contribution in [-0.2, 0) is 23.0 Å². The Kier molecular flexibility index (Phi) is 5.61. The number of sulfonamides is 1. The van der Waals surface area contributed by atoms with Crippen molar-refractivity contribution in [3.63, 3.8) is 0 Å². The summed E-state index contributed by atoms with van der Waals surface area (Å²) in [6, 6.07) is 6.41. The van der Waals surface area contributed by atoms with Gasteiger partial charge in [-0.3, -0.25) is 0 Å². The third-order valence-electron chi connectivity index (χ3n) is 3.83. The highest BCUT2D eigenvalue weighted by Crippen LogP contribution is 2.26. The molecule has 0 radical (unpaired) electrons. The zero-order valence-corrected chi connectivity index (χ0v) is 13.7. The van der Waals surface area contributed by atoms with E-state index in [1.54, 1.807) is 0 Å². The van der Waals surface area contributed by atoms with E-state index in [2.05, 4.69) is 28.8 Å². The second-order valence-corrected chi connectivity index (χ2v) is 7.40. The maximum Gasteiger partial charge on any atom is 0.211 e. The molecule has 0 saturated heterocycles. The Morgan fingerprint density at radius 3 is 2.90 bits per heavy atom. The number of hydrogen-bond acceptors (Lipinski definition) is 4. The van der Waals surface area contributed by atoms with Crippen molar-refractivity contribution in [3.8, 4) is 0 Å². The summed E-state index contributed by atoms with van der Waals surface area (Å²) in [5, 5.41) is 6.83. The topological polar surface area (TPSA) is 61.4 Å². The van der Waals surface area contributed by atoms with Gasteiger partial charge in [-0.2, -0.15) is 0 Å². The molecule has 118 valence electrons. The van der Waals surface area contributed by atoms with Crippen molar-refractivity contribution in [1.29, 1.82) is 0 Å². The molecule has 0 saturated carbocycles. The molecule has 1 aliphatic heterocycles. The first-order valence-electron chi connectivity index (χ1n) is 7.53. The Bertz CT molecular complexity index is 572. The van der Waals surface area contributed by atoms with E-state index in [1.165, 1.54) is 27.4 Å². The van der Waals surface area contributed by atoms with Gasteiger partial charge in [0.2, 0.25) is 10.0 Å². The predicted octanol–water partition coefficient (Wildman–Crippen LogP) is 1.42. The van der Waals surface area contributed by atoms with Crippen molar-refractivity contribution in [3.05, 3.63) is 29.3 Å². The fraction of sp³-hybridized carbons (Fsp3) is 0.600. The highest BCUT2D eigenvalue weighted by atomic mass is 32.2. The summed E-state index contributed by atoms with van der Waals surface area (Å²) in [6.07, 6.45) is 3.19. The molecule has 0 unspecified atom stereocenters. The zero-order valence-electron chi connectivity index (χ0n) is 12.9. The van der Waals surface area contributed by atoms with E-state index in [1.807, 2.05) is 6.92 Å². The third-order valence-corrected chi connectivity index (χ3v) is 5.21. The number of rotatable bonds is 8. The first-order chi connectivity index (χ1) is 10.0. The molecule has 0 fully saturated rings. The van der Waals surface area contributed by atoms with Crippen LogP contribution in [-0.4, -0.2) is 45.2 Å². The minimum atomic E-state index is -3.07. The van der Waals surface area contributed by atoms with Crippen LogP contribution < -0.4 is 10.6 Å². The molecule has 0 amide bonds. The molecule has 0 atom stereocenters. The first kappa shape index (κ1) is 16.3. The molecular weight excluding hydrogens is 286 g/mol. The molecule has 0 spiro atoms. The van der Waals surface area contributed by atoms with Crippen LogP contribution in [0.2, 0.25) is 0 Å². The van der Waals surface area contributed by atoms with Crippen LogP contribution in [0.4, 0.5) is 5.69 Å². The molecule has 21 heavy (non-hydrogen) atoms. The smallest absolute Gasteiger partial charge is 0.211 e. The summed E-state index contributed by atoms with van der Waals surface area (Å²) in [5.74, 6) is 0. The maximum absolute atomic E-state index is 11.5. The van der Waals surface area contributed by atoms with Gasteiger partial charge in [0.25, 0.3) is 0 Å². The molecule has 5 nitrogen and oxygen atoms in total. The van der Waals surface area contributed by atoms with E-state index < -0.39 is 10.0 Å². The Hall–Kier alpha value is -1.11. The average molecular weight is 311 g/mol. The highest BCUT2D eigenvalue weighted by molar-refractivity contribution is 7.88. The number of nitrogens with one attached hydrogen (secondary N) is 2. The molecular formula is C15H25N3O2S. The summed E-state index contributed by atoms with van der Waals surface area (Å²) in [5.41, 5.74) is 3.96. The zero-order chi connectivity index (χ0) is 15.3. The second kappa shape index (κ2) is 7.24. The van der Waals surface area contributed by atoms with Gasteiger partial charge in [-0.25, -0.2) is 12.7 Å². The molecule has 1 aromatic carbocycles. The molecule has 0 aromatic heterocycles. The standard InChI is InChI=1S/C15H25N3O2S/c1-3-18(21(2,19)20)11-5-9-16-12-14-7-4-6-13-8-10-17-15(13)14/h4,6-7,16-17H,3,5,8-12H2,1-2H3. The third kappa shape index (κ3) is 4.43. The SMILES string of the molecule is CCN(CCCNCc1cccc2c1NCC2)S(C)(=O)=O. The summed E-state index contributed by atoms with van der Waals surface area (Å²) < 4.78 is 24.5. The van der Waals surface area contributed by atoms with Gasteiger partial charge >= 0.3 is 0 Å². The fourth-order valence-electron chi connectivity index (χ4n) is 2.72. The second-order valence-electron chi connectivity index (χ2n) is 5.41. The van der Waals surface area contributed by atoms with Crippen molar-refractivity contribution in [2.75, 3.05) is 37.8 Å². The summed E-state index contributed by atoms with van der Waals surface area (Å²) >= 11 is 0. The van der Waals surface area contributed by atoms with Crippen LogP contribution in [0.15, 0.2) is 18.2 Å². The van der Waals surface area contributed by atoms with Crippen molar-refractivity contribution >= 4 is 15.7 Å². The number of benzene rings is 1. The van der Waals surface area contributed by atoms with E-state index in [0.717, 1.165) is 32.5 Å². The molecule has 6 heteroatoms. The lowest BCUT2D eigenvalue weighted by Gasteiger charge is -2.17. The van der Waals surface area contributed by atoms with E-state index >= 15 is 0 Å². The van der Waals surface area contributed by atoms with E-state index in [4.69, 9.17) is 0 Å². The predicted molar refractivity (Wildman–Crippen MR) is 87.1 cm³/mol. The molecule has 1 aromatic rings. The Morgan fingerprint density at radius 2 is 2.19 bits per heavy atom. The van der Waals surface area contributed by atoms with Gasteiger partial charge in [-0.05, 0) is 30.5 Å². The van der Waals surface area contributed by atoms with Crippen LogP contribution in [0.1, 0.15) is 24.5 Å². The lowest BCUT2D eigenvalue weighted by molar-refractivity contribution is 0.419. The monoisotopic (exact) mass is 311 g/mol. The quantitative estimate of drug-likeness (QED) is 0.713. The largest absolute Gasteiger partial charge is 0.384 e. The lowest BCUT2D eigenvalue weighted by Crippen LogP contribution is -2.32. The number of nitrogens with zero attached hydrogens (tertiary/aromatic N) is 1. The average Bonchev–Trinajstić information content (AvgIpc) is 2.90. The molecule has 0 bridgehead atoms. The number of anilines is 1. The minimum Gasteiger partial charge on any atom is -0.384 e. The van der Waals surface area contributed by atoms with Crippen molar-refractivity contribution in [2.45, 2.75) is 26.3 Å². The maximum atomic E-state index is 11.5. The van der Waals surface area contributed by atoms with Gasteiger partial charge < -0.3 is 10.6 Å². The minimum absolute atomic E-state index is 0.537. The van der Waals surface area contributed by atoms with Gasteiger partial charge in [0.1, 0.15) is 0 Å². The van der Waals surface area contributed by atoms with Crippen LogP contribution in [0, 0.1) is 0 Å². The van der Waals surface area contributed by atoms with E-state index in [-0.39, 0.29) is 0 Å². The highest BCUT2D eigenvalue weighted by Gasteiger charge is 2.14. The molecule has 1 aliphatic rings.